The number of amides is 1. The molecule has 6 nitrogen and oxygen atoms in total. The Labute approximate surface area is 154 Å². The molecular formula is C19H18N4O2S. The van der Waals surface area contributed by atoms with E-state index < -0.39 is 0 Å². The van der Waals surface area contributed by atoms with Gasteiger partial charge < -0.3 is 10.2 Å². The van der Waals surface area contributed by atoms with Gasteiger partial charge in [-0.2, -0.15) is 5.10 Å². The minimum absolute atomic E-state index is 0.209. The summed E-state index contributed by atoms with van der Waals surface area (Å²) in [5.74, 6) is -0.332. The summed E-state index contributed by atoms with van der Waals surface area (Å²) in [6.07, 6.45) is 1.01. The van der Waals surface area contributed by atoms with Crippen molar-refractivity contribution in [3.8, 4) is 0 Å². The first-order chi connectivity index (χ1) is 12.6. The van der Waals surface area contributed by atoms with Crippen LogP contribution in [0.4, 0.5) is 11.4 Å². The van der Waals surface area contributed by atoms with Crippen LogP contribution in [0.15, 0.2) is 52.6 Å². The van der Waals surface area contributed by atoms with Crippen molar-refractivity contribution in [2.24, 2.45) is 7.05 Å². The van der Waals surface area contributed by atoms with Crippen LogP contribution in [0.25, 0.3) is 0 Å². The third-order valence-electron chi connectivity index (χ3n) is 4.49. The lowest BCUT2D eigenvalue weighted by atomic mass is 10.1. The number of hydrogen-bond donors (Lipinski definition) is 1. The second-order valence-electron chi connectivity index (χ2n) is 6.19. The van der Waals surface area contributed by atoms with E-state index in [9.17, 15) is 9.59 Å². The Hall–Kier alpha value is -2.93. The van der Waals surface area contributed by atoms with E-state index in [0.29, 0.717) is 0 Å². The highest BCUT2D eigenvalue weighted by molar-refractivity contribution is 7.10. The largest absolute Gasteiger partial charge is 0.365 e. The van der Waals surface area contributed by atoms with Crippen molar-refractivity contribution in [1.82, 2.24) is 9.78 Å². The van der Waals surface area contributed by atoms with Gasteiger partial charge in [0.2, 0.25) is 0 Å². The Morgan fingerprint density at radius 2 is 2.04 bits per heavy atom. The zero-order valence-electron chi connectivity index (χ0n) is 14.3. The van der Waals surface area contributed by atoms with Crippen molar-refractivity contribution in [2.45, 2.75) is 13.0 Å². The molecular weight excluding hydrogens is 348 g/mol. The molecule has 0 aliphatic carbocycles. The van der Waals surface area contributed by atoms with Gasteiger partial charge in [-0.05, 0) is 41.6 Å². The summed E-state index contributed by atoms with van der Waals surface area (Å²) in [7, 11) is 1.53. The topological polar surface area (TPSA) is 67.2 Å². The molecule has 0 saturated heterocycles. The molecule has 26 heavy (non-hydrogen) atoms. The van der Waals surface area contributed by atoms with Crippen LogP contribution in [0.3, 0.4) is 0 Å². The summed E-state index contributed by atoms with van der Waals surface area (Å²) in [6, 6.07) is 12.7. The first-order valence-corrected chi connectivity index (χ1v) is 9.25. The molecule has 0 saturated carbocycles. The van der Waals surface area contributed by atoms with E-state index in [4.69, 9.17) is 0 Å². The molecule has 0 bridgehead atoms. The zero-order chi connectivity index (χ0) is 18.1. The van der Waals surface area contributed by atoms with Gasteiger partial charge in [0, 0.05) is 31.1 Å². The van der Waals surface area contributed by atoms with Gasteiger partial charge in [0.1, 0.15) is 5.69 Å². The molecule has 7 heteroatoms. The Balaban J connectivity index is 1.59. The molecule has 1 N–H and O–H groups in total. The Bertz CT molecular complexity index is 1020. The van der Waals surface area contributed by atoms with Gasteiger partial charge in [0.15, 0.2) is 0 Å². The highest BCUT2D eigenvalue weighted by Gasteiger charge is 2.20. The van der Waals surface area contributed by atoms with Crippen LogP contribution in [0.1, 0.15) is 20.9 Å². The molecule has 4 rings (SSSR count). The SMILES string of the molecule is Cn1nc(C(=O)Nc2ccccc2N2CCc3sccc3C2)ccc1=O. The molecule has 0 atom stereocenters. The Morgan fingerprint density at radius 3 is 2.88 bits per heavy atom. The third kappa shape index (κ3) is 3.13. The first kappa shape index (κ1) is 16.5. The van der Waals surface area contributed by atoms with E-state index in [2.05, 4.69) is 26.8 Å². The van der Waals surface area contributed by atoms with Gasteiger partial charge in [-0.15, -0.1) is 11.3 Å². The number of fused-ring (bicyclic) bond motifs is 1. The standard InChI is InChI=1S/C19H18N4O2S/c1-22-18(24)7-6-15(21-22)19(25)20-14-4-2-3-5-16(14)23-10-8-17-13(12-23)9-11-26-17/h2-7,9,11H,8,10,12H2,1H3,(H,20,25). The van der Waals surface area contributed by atoms with Gasteiger partial charge in [-0.25, -0.2) is 4.68 Å². The Kier molecular flexibility index (Phi) is 4.30. The smallest absolute Gasteiger partial charge is 0.276 e. The molecule has 1 aliphatic heterocycles. The number of para-hydroxylation sites is 2. The van der Waals surface area contributed by atoms with E-state index >= 15 is 0 Å². The molecule has 0 radical (unpaired) electrons. The number of carbonyl (C=O) groups excluding carboxylic acids is 1. The number of aryl methyl sites for hydroxylation is 1. The molecule has 3 heterocycles. The van der Waals surface area contributed by atoms with Crippen LogP contribution in [-0.4, -0.2) is 22.2 Å². The average Bonchev–Trinajstić information content (AvgIpc) is 3.12. The number of benzene rings is 1. The van der Waals surface area contributed by atoms with Gasteiger partial charge in [0.05, 0.1) is 11.4 Å². The first-order valence-electron chi connectivity index (χ1n) is 8.37. The van der Waals surface area contributed by atoms with Crippen molar-refractivity contribution >= 4 is 28.6 Å². The molecule has 0 fully saturated rings. The van der Waals surface area contributed by atoms with Crippen molar-refractivity contribution in [2.75, 3.05) is 16.8 Å². The number of carbonyl (C=O) groups is 1. The molecule has 1 aromatic carbocycles. The minimum atomic E-state index is -0.332. The highest BCUT2D eigenvalue weighted by Crippen LogP contribution is 2.32. The number of nitrogens with zero attached hydrogens (tertiary/aromatic N) is 3. The van der Waals surface area contributed by atoms with Gasteiger partial charge in [-0.3, -0.25) is 9.59 Å². The number of aromatic nitrogens is 2. The van der Waals surface area contributed by atoms with Crippen LogP contribution in [0, 0.1) is 0 Å². The van der Waals surface area contributed by atoms with Gasteiger partial charge in [-0.1, -0.05) is 12.1 Å². The van der Waals surface area contributed by atoms with Crippen LogP contribution in [0.2, 0.25) is 0 Å². The second kappa shape index (κ2) is 6.76. The maximum Gasteiger partial charge on any atom is 0.276 e. The normalized spacial score (nSPS) is 13.3. The molecule has 2 aromatic heterocycles. The molecule has 0 unspecified atom stereocenters. The lowest BCUT2D eigenvalue weighted by Crippen LogP contribution is -2.30. The summed E-state index contributed by atoms with van der Waals surface area (Å²) in [5.41, 5.74) is 3.04. The fraction of sp³-hybridized carbons (Fsp3) is 0.211. The van der Waals surface area contributed by atoms with Crippen LogP contribution >= 0.6 is 11.3 Å². The van der Waals surface area contributed by atoms with Crippen molar-refractivity contribution in [3.63, 3.8) is 0 Å². The summed E-state index contributed by atoms with van der Waals surface area (Å²) >= 11 is 1.80. The fourth-order valence-corrected chi connectivity index (χ4v) is 4.01. The monoisotopic (exact) mass is 366 g/mol. The number of rotatable bonds is 3. The van der Waals surface area contributed by atoms with Gasteiger partial charge >= 0.3 is 0 Å². The third-order valence-corrected chi connectivity index (χ3v) is 5.52. The van der Waals surface area contributed by atoms with Crippen LogP contribution < -0.4 is 15.8 Å². The number of hydrogen-bond acceptors (Lipinski definition) is 5. The zero-order valence-corrected chi connectivity index (χ0v) is 15.1. The maximum absolute atomic E-state index is 12.6. The molecule has 132 valence electrons. The van der Waals surface area contributed by atoms with Crippen molar-refractivity contribution in [1.29, 1.82) is 0 Å². The predicted molar refractivity (Wildman–Crippen MR) is 103 cm³/mol. The number of nitrogens with one attached hydrogen (secondary N) is 1. The lowest BCUT2D eigenvalue weighted by Gasteiger charge is -2.30. The maximum atomic E-state index is 12.6. The molecule has 3 aromatic rings. The molecule has 1 aliphatic rings. The number of anilines is 2. The summed E-state index contributed by atoms with van der Waals surface area (Å²) in [5, 5.41) is 9.08. The van der Waals surface area contributed by atoms with Crippen molar-refractivity contribution in [3.05, 3.63) is 74.3 Å². The Morgan fingerprint density at radius 1 is 1.19 bits per heavy atom. The quantitative estimate of drug-likeness (QED) is 0.774. The summed E-state index contributed by atoms with van der Waals surface area (Å²) < 4.78 is 1.16. The van der Waals surface area contributed by atoms with E-state index in [-0.39, 0.29) is 17.2 Å². The van der Waals surface area contributed by atoms with E-state index in [0.717, 1.165) is 35.6 Å². The van der Waals surface area contributed by atoms with Crippen LogP contribution in [-0.2, 0) is 20.0 Å². The van der Waals surface area contributed by atoms with Gasteiger partial charge in [0.25, 0.3) is 11.5 Å². The summed E-state index contributed by atoms with van der Waals surface area (Å²) in [6.45, 7) is 1.75. The summed E-state index contributed by atoms with van der Waals surface area (Å²) in [4.78, 5) is 27.7. The van der Waals surface area contributed by atoms with E-state index in [1.165, 1.54) is 29.6 Å². The molecule has 0 spiro atoms. The lowest BCUT2D eigenvalue weighted by molar-refractivity contribution is 0.102. The average molecular weight is 366 g/mol. The predicted octanol–water partition coefficient (Wildman–Crippen LogP) is 2.66. The van der Waals surface area contributed by atoms with E-state index in [1.807, 2.05) is 24.3 Å². The second-order valence-corrected chi connectivity index (χ2v) is 7.19. The van der Waals surface area contributed by atoms with Crippen LogP contribution in [0.5, 0.6) is 0 Å². The fourth-order valence-electron chi connectivity index (χ4n) is 3.12. The number of thiophene rings is 1. The molecule has 1 amide bonds. The van der Waals surface area contributed by atoms with E-state index in [1.54, 1.807) is 11.3 Å². The van der Waals surface area contributed by atoms with Crippen molar-refractivity contribution < 1.29 is 4.79 Å². The highest BCUT2D eigenvalue weighted by atomic mass is 32.1. The minimum Gasteiger partial charge on any atom is -0.365 e.